The minimum Gasteiger partial charge on any atom is -0.389 e. The summed E-state index contributed by atoms with van der Waals surface area (Å²) in [7, 11) is 0. The lowest BCUT2D eigenvalue weighted by Gasteiger charge is -2.26. The van der Waals surface area contributed by atoms with Gasteiger partial charge in [-0.1, -0.05) is 25.6 Å². The molecule has 0 amide bonds. The average Bonchev–Trinajstić information content (AvgIpc) is 3.22. The van der Waals surface area contributed by atoms with Crippen LogP contribution in [0.1, 0.15) is 43.9 Å². The van der Waals surface area contributed by atoms with E-state index in [0.717, 1.165) is 31.7 Å². The Morgan fingerprint density at radius 2 is 2.10 bits per heavy atom. The Morgan fingerprint density at radius 1 is 1.43 bits per heavy atom. The van der Waals surface area contributed by atoms with Crippen molar-refractivity contribution in [3.63, 3.8) is 0 Å². The Labute approximate surface area is 127 Å². The van der Waals surface area contributed by atoms with Crippen molar-refractivity contribution in [2.24, 2.45) is 5.73 Å². The summed E-state index contributed by atoms with van der Waals surface area (Å²) in [5.41, 5.74) is 5.16. The van der Waals surface area contributed by atoms with Gasteiger partial charge >= 0.3 is 6.18 Å². The number of thiocarbonyl (C=S) groups is 1. The minimum atomic E-state index is -4.47. The summed E-state index contributed by atoms with van der Waals surface area (Å²) in [6, 6.07) is 2.51. The zero-order valence-electron chi connectivity index (χ0n) is 11.8. The number of alkyl halides is 3. The molecule has 3 nitrogen and oxygen atoms in total. The second kappa shape index (κ2) is 6.17. The monoisotopic (exact) mass is 317 g/mol. The number of aromatic nitrogens is 1. The highest BCUT2D eigenvalue weighted by molar-refractivity contribution is 7.80. The number of anilines is 1. The molecule has 0 spiro atoms. The number of nitrogens with two attached hydrogens (primary N) is 1. The van der Waals surface area contributed by atoms with E-state index >= 15 is 0 Å². The number of unbranched alkanes of at least 4 members (excludes halogenated alkanes) is 1. The first-order chi connectivity index (χ1) is 9.84. The standard InChI is InChI=1S/C14H18F3N3S/c1-2-3-8-20(9-4-5-9)13-10(12(18)21)6-7-11(19-13)14(15,16)17/h6-7,9H,2-5,8H2,1H3,(H2,18,21). The Kier molecular flexibility index (Phi) is 4.70. The highest BCUT2D eigenvalue weighted by atomic mass is 32.1. The lowest BCUT2D eigenvalue weighted by molar-refractivity contribution is -0.141. The summed E-state index contributed by atoms with van der Waals surface area (Å²) < 4.78 is 38.7. The van der Waals surface area contributed by atoms with E-state index in [4.69, 9.17) is 18.0 Å². The molecule has 7 heteroatoms. The van der Waals surface area contributed by atoms with Crippen LogP contribution in [-0.2, 0) is 6.18 Å². The average molecular weight is 317 g/mol. The van der Waals surface area contributed by atoms with Gasteiger partial charge in [0.1, 0.15) is 16.5 Å². The highest BCUT2D eigenvalue weighted by Gasteiger charge is 2.36. The third-order valence-corrected chi connectivity index (χ3v) is 3.66. The Balaban J connectivity index is 2.43. The van der Waals surface area contributed by atoms with Gasteiger partial charge < -0.3 is 10.6 Å². The lowest BCUT2D eigenvalue weighted by atomic mass is 10.2. The smallest absolute Gasteiger partial charge is 0.389 e. The van der Waals surface area contributed by atoms with Gasteiger partial charge in [-0.25, -0.2) is 4.98 Å². The number of halogens is 3. The molecule has 116 valence electrons. The quantitative estimate of drug-likeness (QED) is 0.815. The van der Waals surface area contributed by atoms with Crippen molar-refractivity contribution in [3.05, 3.63) is 23.4 Å². The molecule has 1 heterocycles. The number of nitrogens with zero attached hydrogens (tertiary/aromatic N) is 2. The van der Waals surface area contributed by atoms with Gasteiger partial charge in [-0.3, -0.25) is 0 Å². The van der Waals surface area contributed by atoms with Crippen LogP contribution in [0.25, 0.3) is 0 Å². The van der Waals surface area contributed by atoms with Crippen LogP contribution in [0.2, 0.25) is 0 Å². The molecule has 1 aliphatic rings. The second-order valence-corrected chi connectivity index (χ2v) is 5.65. The third kappa shape index (κ3) is 3.84. The summed E-state index contributed by atoms with van der Waals surface area (Å²) in [5.74, 6) is 0.272. The molecule has 2 rings (SSSR count). The Morgan fingerprint density at radius 3 is 2.57 bits per heavy atom. The number of hydrogen-bond acceptors (Lipinski definition) is 3. The maximum absolute atomic E-state index is 12.9. The highest BCUT2D eigenvalue weighted by Crippen LogP contribution is 2.35. The first-order valence-electron chi connectivity index (χ1n) is 6.99. The van der Waals surface area contributed by atoms with E-state index in [0.29, 0.717) is 12.1 Å². The van der Waals surface area contributed by atoms with Gasteiger partial charge in [-0.15, -0.1) is 0 Å². The molecular weight excluding hydrogens is 299 g/mol. The van der Waals surface area contributed by atoms with Gasteiger partial charge in [-0.2, -0.15) is 13.2 Å². The summed E-state index contributed by atoms with van der Waals surface area (Å²) in [6.07, 6.45) is -0.671. The molecule has 21 heavy (non-hydrogen) atoms. The van der Waals surface area contributed by atoms with E-state index in [-0.39, 0.29) is 16.8 Å². The fourth-order valence-electron chi connectivity index (χ4n) is 2.19. The van der Waals surface area contributed by atoms with Gasteiger partial charge in [0.25, 0.3) is 0 Å². The van der Waals surface area contributed by atoms with Crippen molar-refractivity contribution in [2.45, 2.75) is 44.8 Å². The fraction of sp³-hybridized carbons (Fsp3) is 0.571. The molecular formula is C14H18F3N3S. The largest absolute Gasteiger partial charge is 0.433 e. The van der Waals surface area contributed by atoms with Gasteiger partial charge in [0.15, 0.2) is 0 Å². The van der Waals surface area contributed by atoms with Gasteiger partial charge in [0.05, 0.1) is 5.56 Å². The summed E-state index contributed by atoms with van der Waals surface area (Å²) >= 11 is 4.95. The van der Waals surface area contributed by atoms with Crippen molar-refractivity contribution < 1.29 is 13.2 Å². The van der Waals surface area contributed by atoms with E-state index in [1.54, 1.807) is 0 Å². The van der Waals surface area contributed by atoms with Crippen molar-refractivity contribution in [3.8, 4) is 0 Å². The number of hydrogen-bond donors (Lipinski definition) is 1. The molecule has 1 aromatic rings. The first-order valence-corrected chi connectivity index (χ1v) is 7.40. The normalized spacial score (nSPS) is 15.0. The molecule has 0 aliphatic heterocycles. The van der Waals surface area contributed by atoms with Crippen molar-refractivity contribution in [1.82, 2.24) is 4.98 Å². The molecule has 1 aliphatic carbocycles. The Hall–Kier alpha value is -1.37. The van der Waals surface area contributed by atoms with Crippen LogP contribution in [0.3, 0.4) is 0 Å². The van der Waals surface area contributed by atoms with E-state index in [1.807, 2.05) is 11.8 Å². The predicted octanol–water partition coefficient (Wildman–Crippen LogP) is 3.50. The lowest BCUT2D eigenvalue weighted by Crippen LogP contribution is -2.31. The number of pyridine rings is 1. The zero-order chi connectivity index (χ0) is 15.6. The molecule has 0 aromatic carbocycles. The fourth-order valence-corrected chi connectivity index (χ4v) is 2.35. The topological polar surface area (TPSA) is 42.2 Å². The van der Waals surface area contributed by atoms with Crippen LogP contribution in [0.15, 0.2) is 12.1 Å². The molecule has 2 N–H and O–H groups in total. The minimum absolute atomic E-state index is 0.0772. The molecule has 1 saturated carbocycles. The van der Waals surface area contributed by atoms with Gasteiger partial charge in [0.2, 0.25) is 0 Å². The predicted molar refractivity (Wildman–Crippen MR) is 80.4 cm³/mol. The van der Waals surface area contributed by atoms with E-state index < -0.39 is 11.9 Å². The zero-order valence-corrected chi connectivity index (χ0v) is 12.6. The van der Waals surface area contributed by atoms with Crippen LogP contribution in [0, 0.1) is 0 Å². The molecule has 0 atom stereocenters. The summed E-state index contributed by atoms with van der Waals surface area (Å²) in [5, 5.41) is 0. The van der Waals surface area contributed by atoms with E-state index in [1.165, 1.54) is 6.07 Å². The van der Waals surface area contributed by atoms with Crippen LogP contribution in [0.5, 0.6) is 0 Å². The Bertz CT molecular complexity index is 527. The van der Waals surface area contributed by atoms with Crippen molar-refractivity contribution >= 4 is 23.0 Å². The molecule has 0 bridgehead atoms. The second-order valence-electron chi connectivity index (χ2n) is 5.21. The van der Waals surface area contributed by atoms with Gasteiger partial charge in [-0.05, 0) is 31.4 Å². The van der Waals surface area contributed by atoms with E-state index in [2.05, 4.69) is 4.98 Å². The van der Waals surface area contributed by atoms with Crippen molar-refractivity contribution in [1.29, 1.82) is 0 Å². The summed E-state index contributed by atoms with van der Waals surface area (Å²) in [4.78, 5) is 5.81. The molecule has 1 aromatic heterocycles. The maximum Gasteiger partial charge on any atom is 0.433 e. The van der Waals surface area contributed by atoms with Crippen LogP contribution >= 0.6 is 12.2 Å². The van der Waals surface area contributed by atoms with Crippen LogP contribution < -0.4 is 10.6 Å². The van der Waals surface area contributed by atoms with Crippen LogP contribution in [-0.4, -0.2) is 22.6 Å². The summed E-state index contributed by atoms with van der Waals surface area (Å²) in [6.45, 7) is 2.71. The molecule has 0 radical (unpaired) electrons. The van der Waals surface area contributed by atoms with Gasteiger partial charge in [0, 0.05) is 12.6 Å². The first kappa shape index (κ1) is 16.0. The SMILES string of the molecule is CCCCN(c1nc(C(F)(F)F)ccc1C(N)=S)C1CC1. The molecule has 1 fully saturated rings. The van der Waals surface area contributed by atoms with E-state index in [9.17, 15) is 13.2 Å². The van der Waals surface area contributed by atoms with Crippen molar-refractivity contribution in [2.75, 3.05) is 11.4 Å². The number of rotatable bonds is 6. The molecule has 0 saturated heterocycles. The maximum atomic E-state index is 12.9. The molecule has 0 unspecified atom stereocenters. The van der Waals surface area contributed by atoms with Crippen LogP contribution in [0.4, 0.5) is 19.0 Å². The third-order valence-electron chi connectivity index (χ3n) is 3.44.